The first-order valence-corrected chi connectivity index (χ1v) is 7.90. The van der Waals surface area contributed by atoms with E-state index in [-0.39, 0.29) is 17.7 Å². The van der Waals surface area contributed by atoms with E-state index < -0.39 is 5.82 Å². The van der Waals surface area contributed by atoms with Gasteiger partial charge in [-0.25, -0.2) is 4.39 Å². The minimum absolute atomic E-state index is 0.139. The summed E-state index contributed by atoms with van der Waals surface area (Å²) in [6.45, 7) is 0.501. The first-order chi connectivity index (χ1) is 11.6. The standard InChI is InChI=1S/C19H20FNO3/c1-23-16-8-3-13(4-9-16)12-21(15-6-7-15)19(22)14-5-10-18(24-2)17(20)11-14/h3-5,8-11,15H,6-7,12H2,1-2H3. The lowest BCUT2D eigenvalue weighted by Gasteiger charge is -2.23. The van der Waals surface area contributed by atoms with Crippen molar-refractivity contribution in [3.05, 3.63) is 59.4 Å². The molecule has 0 saturated heterocycles. The Labute approximate surface area is 140 Å². The van der Waals surface area contributed by atoms with Crippen molar-refractivity contribution in [1.29, 1.82) is 0 Å². The van der Waals surface area contributed by atoms with Gasteiger partial charge in [0.15, 0.2) is 11.6 Å². The molecule has 0 aromatic heterocycles. The average Bonchev–Trinajstić information content (AvgIpc) is 3.44. The second-order valence-electron chi connectivity index (χ2n) is 5.86. The Bertz CT molecular complexity index is 726. The monoisotopic (exact) mass is 329 g/mol. The summed E-state index contributed by atoms with van der Waals surface area (Å²) in [5.74, 6) is 0.235. The van der Waals surface area contributed by atoms with Crippen molar-refractivity contribution in [2.75, 3.05) is 14.2 Å². The highest BCUT2D eigenvalue weighted by Crippen LogP contribution is 2.31. The maximum Gasteiger partial charge on any atom is 0.254 e. The van der Waals surface area contributed by atoms with Crippen molar-refractivity contribution < 1.29 is 18.7 Å². The third kappa shape index (κ3) is 3.50. The second-order valence-corrected chi connectivity index (χ2v) is 5.86. The van der Waals surface area contributed by atoms with Gasteiger partial charge < -0.3 is 14.4 Å². The van der Waals surface area contributed by atoms with E-state index in [0.29, 0.717) is 12.1 Å². The van der Waals surface area contributed by atoms with Gasteiger partial charge in [0.1, 0.15) is 5.75 Å². The molecule has 1 saturated carbocycles. The summed E-state index contributed by atoms with van der Waals surface area (Å²) in [6.07, 6.45) is 1.97. The summed E-state index contributed by atoms with van der Waals surface area (Å²) in [5.41, 5.74) is 1.36. The number of carbonyl (C=O) groups excluding carboxylic acids is 1. The number of benzene rings is 2. The van der Waals surface area contributed by atoms with Gasteiger partial charge in [-0.15, -0.1) is 0 Å². The van der Waals surface area contributed by atoms with E-state index in [1.54, 1.807) is 13.2 Å². The van der Waals surface area contributed by atoms with Crippen LogP contribution < -0.4 is 9.47 Å². The topological polar surface area (TPSA) is 38.8 Å². The number of halogens is 1. The molecule has 0 spiro atoms. The highest BCUT2D eigenvalue weighted by Gasteiger charge is 2.33. The summed E-state index contributed by atoms with van der Waals surface area (Å²) in [7, 11) is 3.02. The van der Waals surface area contributed by atoms with Gasteiger partial charge in [-0.2, -0.15) is 0 Å². The summed E-state index contributed by atoms with van der Waals surface area (Å²) in [5, 5.41) is 0. The van der Waals surface area contributed by atoms with Crippen LogP contribution in [0.25, 0.3) is 0 Å². The molecule has 5 heteroatoms. The Kier molecular flexibility index (Phi) is 4.69. The van der Waals surface area contributed by atoms with E-state index in [0.717, 1.165) is 24.2 Å². The van der Waals surface area contributed by atoms with Crippen LogP contribution in [0.4, 0.5) is 4.39 Å². The van der Waals surface area contributed by atoms with E-state index in [1.807, 2.05) is 29.2 Å². The molecular weight excluding hydrogens is 309 g/mol. The molecule has 0 aliphatic heterocycles. The van der Waals surface area contributed by atoms with Crippen LogP contribution in [0.15, 0.2) is 42.5 Å². The summed E-state index contributed by atoms with van der Waals surface area (Å²) < 4.78 is 23.9. The maximum absolute atomic E-state index is 13.9. The number of hydrogen-bond donors (Lipinski definition) is 0. The van der Waals surface area contributed by atoms with Gasteiger partial charge in [-0.3, -0.25) is 4.79 Å². The van der Waals surface area contributed by atoms with Crippen molar-refractivity contribution in [3.8, 4) is 11.5 Å². The van der Waals surface area contributed by atoms with Crippen LogP contribution in [0.3, 0.4) is 0 Å². The predicted molar refractivity (Wildman–Crippen MR) is 88.8 cm³/mol. The lowest BCUT2D eigenvalue weighted by Crippen LogP contribution is -2.32. The van der Waals surface area contributed by atoms with Crippen molar-refractivity contribution >= 4 is 5.91 Å². The Morgan fingerprint density at radius 1 is 1.12 bits per heavy atom. The molecule has 1 aliphatic carbocycles. The average molecular weight is 329 g/mol. The molecule has 3 rings (SSSR count). The van der Waals surface area contributed by atoms with Gasteiger partial charge in [0.25, 0.3) is 5.91 Å². The summed E-state index contributed by atoms with van der Waals surface area (Å²) in [4.78, 5) is 14.6. The fraction of sp³-hybridized carbons (Fsp3) is 0.316. The lowest BCUT2D eigenvalue weighted by atomic mass is 10.1. The molecule has 1 aliphatic rings. The third-order valence-corrected chi connectivity index (χ3v) is 4.16. The van der Waals surface area contributed by atoms with E-state index in [9.17, 15) is 9.18 Å². The molecule has 1 fully saturated rings. The molecule has 0 unspecified atom stereocenters. The SMILES string of the molecule is COc1ccc(CN(C(=O)c2ccc(OC)c(F)c2)C2CC2)cc1. The Balaban J connectivity index is 1.79. The molecule has 0 atom stereocenters. The van der Waals surface area contributed by atoms with Crippen molar-refractivity contribution in [2.45, 2.75) is 25.4 Å². The zero-order chi connectivity index (χ0) is 17.1. The van der Waals surface area contributed by atoms with Crippen LogP contribution >= 0.6 is 0 Å². The Hall–Kier alpha value is -2.56. The highest BCUT2D eigenvalue weighted by atomic mass is 19.1. The smallest absolute Gasteiger partial charge is 0.254 e. The van der Waals surface area contributed by atoms with Crippen molar-refractivity contribution in [3.63, 3.8) is 0 Å². The number of hydrogen-bond acceptors (Lipinski definition) is 3. The van der Waals surface area contributed by atoms with Gasteiger partial charge in [-0.1, -0.05) is 12.1 Å². The summed E-state index contributed by atoms with van der Waals surface area (Å²) >= 11 is 0. The van der Waals surface area contributed by atoms with Crippen LogP contribution in [-0.4, -0.2) is 31.1 Å². The van der Waals surface area contributed by atoms with E-state index >= 15 is 0 Å². The van der Waals surface area contributed by atoms with Crippen LogP contribution in [0, 0.1) is 5.82 Å². The van der Waals surface area contributed by atoms with Crippen molar-refractivity contribution in [1.82, 2.24) is 4.90 Å². The summed E-state index contributed by atoms with van der Waals surface area (Å²) in [6, 6.07) is 12.2. The fourth-order valence-corrected chi connectivity index (χ4v) is 2.65. The minimum atomic E-state index is -0.524. The van der Waals surface area contributed by atoms with Gasteiger partial charge in [0, 0.05) is 18.2 Å². The quantitative estimate of drug-likeness (QED) is 0.812. The molecule has 0 heterocycles. The number of amides is 1. The Morgan fingerprint density at radius 2 is 1.83 bits per heavy atom. The second kappa shape index (κ2) is 6.91. The molecule has 0 N–H and O–H groups in total. The van der Waals surface area contributed by atoms with Gasteiger partial charge in [-0.05, 0) is 48.7 Å². The van der Waals surface area contributed by atoms with Gasteiger partial charge in [0.2, 0.25) is 0 Å². The van der Waals surface area contributed by atoms with Crippen LogP contribution in [0.2, 0.25) is 0 Å². The molecule has 2 aromatic carbocycles. The van der Waals surface area contributed by atoms with Crippen LogP contribution in [0.5, 0.6) is 11.5 Å². The fourth-order valence-electron chi connectivity index (χ4n) is 2.65. The van der Waals surface area contributed by atoms with Crippen LogP contribution in [-0.2, 0) is 6.54 Å². The predicted octanol–water partition coefficient (Wildman–Crippen LogP) is 3.65. The molecule has 4 nitrogen and oxygen atoms in total. The van der Waals surface area contributed by atoms with Gasteiger partial charge >= 0.3 is 0 Å². The van der Waals surface area contributed by atoms with Crippen molar-refractivity contribution in [2.24, 2.45) is 0 Å². The molecule has 24 heavy (non-hydrogen) atoms. The normalized spacial score (nSPS) is 13.5. The largest absolute Gasteiger partial charge is 0.497 e. The zero-order valence-corrected chi connectivity index (χ0v) is 13.8. The number of rotatable bonds is 6. The number of nitrogens with zero attached hydrogens (tertiary/aromatic N) is 1. The third-order valence-electron chi connectivity index (χ3n) is 4.16. The van der Waals surface area contributed by atoms with E-state index in [2.05, 4.69) is 0 Å². The molecule has 1 amide bonds. The van der Waals surface area contributed by atoms with E-state index in [4.69, 9.17) is 9.47 Å². The Morgan fingerprint density at radius 3 is 2.38 bits per heavy atom. The molecule has 126 valence electrons. The number of methoxy groups -OCH3 is 2. The molecular formula is C19H20FNO3. The highest BCUT2D eigenvalue weighted by molar-refractivity contribution is 5.94. The first kappa shape index (κ1) is 16.3. The number of carbonyl (C=O) groups is 1. The van der Waals surface area contributed by atoms with Crippen LogP contribution in [0.1, 0.15) is 28.8 Å². The molecule has 2 aromatic rings. The first-order valence-electron chi connectivity index (χ1n) is 7.90. The van der Waals surface area contributed by atoms with E-state index in [1.165, 1.54) is 19.2 Å². The molecule has 0 radical (unpaired) electrons. The number of ether oxygens (including phenoxy) is 2. The zero-order valence-electron chi connectivity index (χ0n) is 13.8. The molecule has 0 bridgehead atoms. The van der Waals surface area contributed by atoms with Gasteiger partial charge in [0.05, 0.1) is 14.2 Å². The lowest BCUT2D eigenvalue weighted by molar-refractivity contribution is 0.0729. The maximum atomic E-state index is 13.9. The minimum Gasteiger partial charge on any atom is -0.497 e.